The van der Waals surface area contributed by atoms with Gasteiger partial charge in [0.05, 0.1) is 6.61 Å². The Morgan fingerprint density at radius 1 is 1.18 bits per heavy atom. The van der Waals surface area contributed by atoms with E-state index in [-0.39, 0.29) is 22.9 Å². The third-order valence-electron chi connectivity index (χ3n) is 4.43. The molecule has 0 aliphatic carbocycles. The van der Waals surface area contributed by atoms with Crippen molar-refractivity contribution in [2.45, 2.75) is 24.5 Å². The number of nitrogens with zero attached hydrogens (tertiary/aromatic N) is 3. The van der Waals surface area contributed by atoms with Crippen molar-refractivity contribution in [3.05, 3.63) is 52.1 Å². The summed E-state index contributed by atoms with van der Waals surface area (Å²) in [5.74, 6) is 5.71. The smallest absolute Gasteiger partial charge is 0.280 e. The second-order valence-electron chi connectivity index (χ2n) is 6.27. The number of nitrogens with two attached hydrogens (primary N) is 1. The first-order chi connectivity index (χ1) is 13.5. The van der Waals surface area contributed by atoms with E-state index in [0.29, 0.717) is 5.56 Å². The first-order valence-corrected chi connectivity index (χ1v) is 8.47. The van der Waals surface area contributed by atoms with Crippen molar-refractivity contribution >= 4 is 17.1 Å². The summed E-state index contributed by atoms with van der Waals surface area (Å²) in [6, 6.07) is 9.11. The highest BCUT2D eigenvalue weighted by molar-refractivity contribution is 5.73. The number of anilines is 1. The van der Waals surface area contributed by atoms with Gasteiger partial charge in [0.2, 0.25) is 5.95 Å². The fourth-order valence-corrected chi connectivity index (χ4v) is 3.07. The maximum Gasteiger partial charge on any atom is 0.280 e. The van der Waals surface area contributed by atoms with Crippen molar-refractivity contribution in [2.75, 3.05) is 12.3 Å². The average Bonchev–Trinajstić information content (AvgIpc) is 3.18. The second-order valence-corrected chi connectivity index (χ2v) is 6.27. The Bertz CT molecular complexity index is 1130. The zero-order valence-corrected chi connectivity index (χ0v) is 14.5. The summed E-state index contributed by atoms with van der Waals surface area (Å²) in [6.45, 7) is -0.497. The molecule has 144 valence electrons. The highest BCUT2D eigenvalue weighted by Gasteiger charge is 2.45. The van der Waals surface area contributed by atoms with Crippen LogP contribution in [-0.4, -0.2) is 59.8 Å². The standard InChI is InChI=1S/C18H17N5O5/c19-18-21-15-12(16(27)22-18)20-11(7-6-9-4-2-1-3-5-9)23(15)17-14(26)13(25)10(8-24)28-17/h1-5,10,13-14,17,24-26H,8H2,(H3,19,21,22,27)/t10-,13-,14-,17-/m1/s1. The molecule has 1 aliphatic heterocycles. The van der Waals surface area contributed by atoms with Gasteiger partial charge in [-0.05, 0) is 18.1 Å². The van der Waals surface area contributed by atoms with Gasteiger partial charge >= 0.3 is 0 Å². The first kappa shape index (κ1) is 18.1. The zero-order valence-electron chi connectivity index (χ0n) is 14.5. The summed E-state index contributed by atoms with van der Waals surface area (Å²) in [4.78, 5) is 22.9. The molecule has 6 N–H and O–H groups in total. The van der Waals surface area contributed by atoms with Gasteiger partial charge in [-0.25, -0.2) is 4.98 Å². The molecule has 0 bridgehead atoms. The predicted octanol–water partition coefficient (Wildman–Crippen LogP) is -1.29. The first-order valence-electron chi connectivity index (χ1n) is 8.47. The van der Waals surface area contributed by atoms with Crippen LogP contribution in [-0.2, 0) is 4.74 Å². The number of rotatable bonds is 2. The van der Waals surface area contributed by atoms with Crippen molar-refractivity contribution in [1.82, 2.24) is 19.5 Å². The average molecular weight is 383 g/mol. The minimum Gasteiger partial charge on any atom is -0.394 e. The van der Waals surface area contributed by atoms with Gasteiger partial charge in [0.15, 0.2) is 23.2 Å². The molecule has 1 fully saturated rings. The summed E-state index contributed by atoms with van der Waals surface area (Å²) >= 11 is 0. The van der Waals surface area contributed by atoms with Crippen molar-refractivity contribution in [2.24, 2.45) is 0 Å². The number of aromatic amines is 1. The number of hydrogen-bond acceptors (Lipinski definition) is 8. The van der Waals surface area contributed by atoms with Gasteiger partial charge in [-0.3, -0.25) is 14.3 Å². The van der Waals surface area contributed by atoms with Gasteiger partial charge in [-0.1, -0.05) is 24.1 Å². The molecule has 3 aromatic rings. The molecule has 1 aromatic carbocycles. The van der Waals surface area contributed by atoms with Gasteiger partial charge in [0, 0.05) is 5.56 Å². The Labute approximate surface area is 158 Å². The lowest BCUT2D eigenvalue weighted by Crippen LogP contribution is -2.33. The summed E-state index contributed by atoms with van der Waals surface area (Å²) in [7, 11) is 0. The van der Waals surface area contributed by atoms with Crippen LogP contribution >= 0.6 is 0 Å². The Kier molecular flexibility index (Phi) is 4.58. The third kappa shape index (κ3) is 3.02. The van der Waals surface area contributed by atoms with Crippen molar-refractivity contribution < 1.29 is 20.1 Å². The van der Waals surface area contributed by atoms with Crippen LogP contribution in [0.3, 0.4) is 0 Å². The number of hydrogen-bond donors (Lipinski definition) is 5. The van der Waals surface area contributed by atoms with Crippen LogP contribution in [0, 0.1) is 11.8 Å². The van der Waals surface area contributed by atoms with E-state index in [1.807, 2.05) is 18.2 Å². The van der Waals surface area contributed by atoms with E-state index in [4.69, 9.17) is 10.5 Å². The van der Waals surface area contributed by atoms with Gasteiger partial charge in [0.25, 0.3) is 5.56 Å². The van der Waals surface area contributed by atoms with Crippen LogP contribution in [0.5, 0.6) is 0 Å². The van der Waals surface area contributed by atoms with Crippen molar-refractivity contribution in [3.8, 4) is 11.8 Å². The molecule has 0 unspecified atom stereocenters. The van der Waals surface area contributed by atoms with Gasteiger partial charge in [0.1, 0.15) is 18.3 Å². The van der Waals surface area contributed by atoms with Gasteiger partial charge in [-0.2, -0.15) is 4.98 Å². The number of imidazole rings is 1. The molecule has 1 saturated heterocycles. The van der Waals surface area contributed by atoms with E-state index in [9.17, 15) is 20.1 Å². The number of aromatic nitrogens is 4. The molecule has 3 heterocycles. The van der Waals surface area contributed by atoms with Gasteiger partial charge < -0.3 is 25.8 Å². The maximum absolute atomic E-state index is 12.2. The van der Waals surface area contributed by atoms with Crippen LogP contribution in [0.25, 0.3) is 11.2 Å². The SMILES string of the molecule is Nc1nc2c(nc(C#Cc3ccccc3)n2[C@@H]2O[C@H](CO)[C@@H](O)[C@H]2O)c(=O)[nH]1. The summed E-state index contributed by atoms with van der Waals surface area (Å²) in [6.07, 6.45) is -4.89. The molecule has 10 heteroatoms. The Morgan fingerprint density at radius 2 is 1.93 bits per heavy atom. The van der Waals surface area contributed by atoms with Crippen LogP contribution < -0.4 is 11.3 Å². The largest absolute Gasteiger partial charge is 0.394 e. The minimum atomic E-state index is -1.39. The fraction of sp³-hybridized carbons (Fsp3) is 0.278. The monoisotopic (exact) mass is 383 g/mol. The van der Waals surface area contributed by atoms with Crippen LogP contribution in [0.4, 0.5) is 5.95 Å². The summed E-state index contributed by atoms with van der Waals surface area (Å²) in [5, 5.41) is 29.9. The number of fused-ring (bicyclic) bond motifs is 1. The van der Waals surface area contributed by atoms with Crippen molar-refractivity contribution in [3.63, 3.8) is 0 Å². The fourth-order valence-electron chi connectivity index (χ4n) is 3.07. The Balaban J connectivity index is 1.90. The molecule has 0 radical (unpaired) electrons. The van der Waals surface area contributed by atoms with Gasteiger partial charge in [-0.15, -0.1) is 0 Å². The molecule has 4 atom stereocenters. The van der Waals surface area contributed by atoms with E-state index < -0.39 is 36.7 Å². The Hall–Kier alpha value is -3.23. The molecule has 1 aliphatic rings. The van der Waals surface area contributed by atoms with Crippen molar-refractivity contribution in [1.29, 1.82) is 0 Å². The molecule has 4 rings (SSSR count). The van der Waals surface area contributed by atoms with E-state index in [2.05, 4.69) is 26.8 Å². The maximum atomic E-state index is 12.2. The molecule has 2 aromatic heterocycles. The zero-order chi connectivity index (χ0) is 19.8. The number of aliphatic hydroxyl groups is 3. The highest BCUT2D eigenvalue weighted by Crippen LogP contribution is 2.32. The van der Waals surface area contributed by atoms with Crippen LogP contribution in [0.15, 0.2) is 35.1 Å². The number of nitrogen functional groups attached to an aromatic ring is 1. The molecule has 10 nitrogen and oxygen atoms in total. The topological polar surface area (TPSA) is 160 Å². The number of nitrogens with one attached hydrogen (secondary N) is 1. The molecular weight excluding hydrogens is 366 g/mol. The minimum absolute atomic E-state index is 0.0377. The molecular formula is C18H17N5O5. The predicted molar refractivity (Wildman–Crippen MR) is 98.0 cm³/mol. The number of benzene rings is 1. The number of H-pyrrole nitrogens is 1. The number of aliphatic hydroxyl groups excluding tert-OH is 3. The summed E-state index contributed by atoms with van der Waals surface area (Å²) < 4.78 is 6.88. The highest BCUT2D eigenvalue weighted by atomic mass is 16.6. The third-order valence-corrected chi connectivity index (χ3v) is 4.43. The van der Waals surface area contributed by atoms with Crippen LogP contribution in [0.1, 0.15) is 17.6 Å². The summed E-state index contributed by atoms with van der Waals surface area (Å²) in [5.41, 5.74) is 5.80. The number of ether oxygens (including phenoxy) is 1. The van der Waals surface area contributed by atoms with E-state index in [1.54, 1.807) is 12.1 Å². The second kappa shape index (κ2) is 7.06. The van der Waals surface area contributed by atoms with E-state index >= 15 is 0 Å². The Morgan fingerprint density at radius 3 is 2.61 bits per heavy atom. The van der Waals surface area contributed by atoms with E-state index in [1.165, 1.54) is 4.57 Å². The quantitative estimate of drug-likeness (QED) is 0.342. The lowest BCUT2D eigenvalue weighted by atomic mass is 10.1. The molecule has 0 saturated carbocycles. The lowest BCUT2D eigenvalue weighted by Gasteiger charge is -2.17. The molecule has 0 amide bonds. The molecule has 0 spiro atoms. The normalized spacial score (nSPS) is 24.2. The van der Waals surface area contributed by atoms with Crippen LogP contribution in [0.2, 0.25) is 0 Å². The lowest BCUT2D eigenvalue weighted by molar-refractivity contribution is -0.0514. The molecule has 28 heavy (non-hydrogen) atoms. The van der Waals surface area contributed by atoms with E-state index in [0.717, 1.165) is 0 Å².